The Hall–Kier alpha value is -2.41. The van der Waals surface area contributed by atoms with E-state index in [1.54, 1.807) is 11.9 Å². The first kappa shape index (κ1) is 19.4. The number of nitrogens with zero attached hydrogens (tertiary/aromatic N) is 3. The predicted octanol–water partition coefficient (Wildman–Crippen LogP) is 1.09. The molecule has 2 aliphatic rings. The number of rotatable bonds is 5. The number of urea groups is 1. The number of likely N-dealkylation sites (N-methyl/N-ethyl adjacent to an activating group) is 2. The Kier molecular flexibility index (Phi) is 6.11. The van der Waals surface area contributed by atoms with Crippen LogP contribution in [0.3, 0.4) is 0 Å². The lowest BCUT2D eigenvalue weighted by Gasteiger charge is -2.42. The highest BCUT2D eigenvalue weighted by Gasteiger charge is 2.39. The second-order valence-corrected chi connectivity index (χ2v) is 7.44. The number of piperidine rings is 1. The maximum Gasteiger partial charge on any atom is 0.326 e. The molecule has 0 bridgehead atoms. The van der Waals surface area contributed by atoms with Gasteiger partial charge >= 0.3 is 6.03 Å². The average molecular weight is 372 g/mol. The van der Waals surface area contributed by atoms with Gasteiger partial charge in [0.2, 0.25) is 11.8 Å². The van der Waals surface area contributed by atoms with Crippen LogP contribution in [-0.2, 0) is 16.0 Å². The molecule has 1 aromatic carbocycles. The molecule has 1 aromatic rings. The van der Waals surface area contributed by atoms with Crippen molar-refractivity contribution in [3.8, 4) is 0 Å². The van der Waals surface area contributed by atoms with Crippen molar-refractivity contribution in [2.75, 3.05) is 33.7 Å². The number of aryl methyl sites for hydroxylation is 1. The molecule has 0 aliphatic carbocycles. The van der Waals surface area contributed by atoms with E-state index in [1.807, 2.05) is 30.3 Å². The molecule has 2 aliphatic heterocycles. The fraction of sp³-hybridized carbons (Fsp3) is 0.550. The number of hydrogen-bond donors (Lipinski definition) is 1. The molecule has 1 atom stereocenters. The Morgan fingerprint density at radius 3 is 2.44 bits per heavy atom. The Morgan fingerprint density at radius 2 is 1.78 bits per heavy atom. The van der Waals surface area contributed by atoms with Crippen LogP contribution in [0.2, 0.25) is 0 Å². The third-order valence-electron chi connectivity index (χ3n) is 5.49. The lowest BCUT2D eigenvalue weighted by molar-refractivity contribution is -0.137. The zero-order chi connectivity index (χ0) is 19.4. The standard InChI is InChI=1S/C20H28N4O3/c1-22-14-17(19(26)23(2)20(22)27)24-12-10-16(11-13-24)21-18(25)9-8-15-6-4-3-5-7-15/h3-7,16-17H,8-14H2,1-2H3,(H,21,25). The maximum atomic E-state index is 12.4. The summed E-state index contributed by atoms with van der Waals surface area (Å²) in [5.74, 6) is -0.0560. The number of nitrogens with one attached hydrogen (secondary N) is 1. The third kappa shape index (κ3) is 4.66. The van der Waals surface area contributed by atoms with Crippen molar-refractivity contribution in [1.82, 2.24) is 20.0 Å². The summed E-state index contributed by atoms with van der Waals surface area (Å²) in [5, 5.41) is 3.12. The van der Waals surface area contributed by atoms with Crippen molar-refractivity contribution in [2.45, 2.75) is 37.8 Å². The molecule has 4 amide bonds. The van der Waals surface area contributed by atoms with Crippen molar-refractivity contribution in [3.05, 3.63) is 35.9 Å². The first-order chi connectivity index (χ1) is 13.0. The third-order valence-corrected chi connectivity index (χ3v) is 5.49. The summed E-state index contributed by atoms with van der Waals surface area (Å²) in [6, 6.07) is 9.62. The molecule has 0 spiro atoms. The van der Waals surface area contributed by atoms with Crippen molar-refractivity contribution < 1.29 is 14.4 Å². The van der Waals surface area contributed by atoms with Gasteiger partial charge in [-0.3, -0.25) is 19.4 Å². The molecular formula is C20H28N4O3. The van der Waals surface area contributed by atoms with Gasteiger partial charge in [-0.2, -0.15) is 0 Å². The van der Waals surface area contributed by atoms with Crippen LogP contribution in [0.5, 0.6) is 0 Å². The molecule has 3 rings (SSSR count). The first-order valence-electron chi connectivity index (χ1n) is 9.55. The van der Waals surface area contributed by atoms with Crippen LogP contribution in [0.15, 0.2) is 30.3 Å². The summed E-state index contributed by atoms with van der Waals surface area (Å²) >= 11 is 0. The normalized spacial score (nSPS) is 22.2. The quantitative estimate of drug-likeness (QED) is 0.840. The molecule has 0 radical (unpaired) electrons. The van der Waals surface area contributed by atoms with Crippen LogP contribution < -0.4 is 5.32 Å². The zero-order valence-corrected chi connectivity index (χ0v) is 16.1. The molecule has 7 heteroatoms. The highest BCUT2D eigenvalue weighted by molar-refractivity contribution is 5.99. The van der Waals surface area contributed by atoms with E-state index in [2.05, 4.69) is 10.2 Å². The van der Waals surface area contributed by atoms with Crippen molar-refractivity contribution in [2.24, 2.45) is 0 Å². The highest BCUT2D eigenvalue weighted by Crippen LogP contribution is 2.19. The molecule has 7 nitrogen and oxygen atoms in total. The maximum absolute atomic E-state index is 12.4. The Bertz CT molecular complexity index is 686. The van der Waals surface area contributed by atoms with Gasteiger partial charge in [-0.15, -0.1) is 0 Å². The topological polar surface area (TPSA) is 73.0 Å². The minimum Gasteiger partial charge on any atom is -0.353 e. The van der Waals surface area contributed by atoms with E-state index in [9.17, 15) is 14.4 Å². The minimum absolute atomic E-state index is 0.0797. The molecule has 146 valence electrons. The second-order valence-electron chi connectivity index (χ2n) is 7.44. The number of imide groups is 1. The summed E-state index contributed by atoms with van der Waals surface area (Å²) in [6.45, 7) is 1.92. The summed E-state index contributed by atoms with van der Waals surface area (Å²) in [5.41, 5.74) is 1.17. The van der Waals surface area contributed by atoms with Crippen LogP contribution in [0, 0.1) is 0 Å². The summed E-state index contributed by atoms with van der Waals surface area (Å²) in [7, 11) is 3.25. The number of likely N-dealkylation sites (tertiary alicyclic amines) is 1. The van der Waals surface area contributed by atoms with Crippen LogP contribution >= 0.6 is 0 Å². The van der Waals surface area contributed by atoms with Crippen molar-refractivity contribution in [3.63, 3.8) is 0 Å². The van der Waals surface area contributed by atoms with Gasteiger partial charge in [0.15, 0.2) is 0 Å². The molecule has 27 heavy (non-hydrogen) atoms. The molecule has 1 N–H and O–H groups in total. The fourth-order valence-electron chi connectivity index (χ4n) is 3.82. The molecule has 2 saturated heterocycles. The smallest absolute Gasteiger partial charge is 0.326 e. The Balaban J connectivity index is 1.44. The molecule has 0 aromatic heterocycles. The van der Waals surface area contributed by atoms with Gasteiger partial charge in [-0.1, -0.05) is 30.3 Å². The van der Waals surface area contributed by atoms with E-state index in [-0.39, 0.29) is 29.9 Å². The Morgan fingerprint density at radius 1 is 1.11 bits per heavy atom. The van der Waals surface area contributed by atoms with E-state index in [0.717, 1.165) is 32.4 Å². The van der Waals surface area contributed by atoms with E-state index < -0.39 is 0 Å². The van der Waals surface area contributed by atoms with E-state index in [1.165, 1.54) is 17.5 Å². The van der Waals surface area contributed by atoms with Gasteiger partial charge in [0.25, 0.3) is 0 Å². The average Bonchev–Trinajstić information content (AvgIpc) is 2.69. The molecular weight excluding hydrogens is 344 g/mol. The summed E-state index contributed by atoms with van der Waals surface area (Å²) in [4.78, 5) is 41.4. The van der Waals surface area contributed by atoms with Crippen LogP contribution in [-0.4, -0.2) is 78.4 Å². The number of carbonyl (C=O) groups is 3. The van der Waals surface area contributed by atoms with Gasteiger partial charge in [-0.05, 0) is 24.8 Å². The van der Waals surface area contributed by atoms with Gasteiger partial charge in [-0.25, -0.2) is 4.79 Å². The van der Waals surface area contributed by atoms with Crippen molar-refractivity contribution in [1.29, 1.82) is 0 Å². The summed E-state index contributed by atoms with van der Waals surface area (Å²) < 4.78 is 0. The summed E-state index contributed by atoms with van der Waals surface area (Å²) in [6.07, 6.45) is 2.88. The number of amides is 4. The highest BCUT2D eigenvalue weighted by atomic mass is 16.2. The molecule has 2 fully saturated rings. The number of carbonyl (C=O) groups excluding carboxylic acids is 3. The second kappa shape index (κ2) is 8.52. The molecule has 0 saturated carbocycles. The molecule has 2 heterocycles. The monoisotopic (exact) mass is 372 g/mol. The van der Waals surface area contributed by atoms with Crippen LogP contribution in [0.1, 0.15) is 24.8 Å². The van der Waals surface area contributed by atoms with Crippen molar-refractivity contribution >= 4 is 17.8 Å². The number of hydrogen-bond acceptors (Lipinski definition) is 4. The van der Waals surface area contributed by atoms with Gasteiger partial charge in [0, 0.05) is 46.2 Å². The number of benzene rings is 1. The van der Waals surface area contributed by atoms with Crippen LogP contribution in [0.25, 0.3) is 0 Å². The van der Waals surface area contributed by atoms with E-state index in [4.69, 9.17) is 0 Å². The largest absolute Gasteiger partial charge is 0.353 e. The Labute approximate surface area is 160 Å². The lowest BCUT2D eigenvalue weighted by atomic mass is 10.0. The van der Waals surface area contributed by atoms with Gasteiger partial charge in [0.1, 0.15) is 6.04 Å². The SMILES string of the molecule is CN1CC(N2CCC(NC(=O)CCc3ccccc3)CC2)C(=O)N(C)C1=O. The predicted molar refractivity (Wildman–Crippen MR) is 102 cm³/mol. The first-order valence-corrected chi connectivity index (χ1v) is 9.55. The fourth-order valence-corrected chi connectivity index (χ4v) is 3.82. The van der Waals surface area contributed by atoms with Crippen LogP contribution in [0.4, 0.5) is 4.79 Å². The zero-order valence-electron chi connectivity index (χ0n) is 16.1. The van der Waals surface area contributed by atoms with E-state index in [0.29, 0.717) is 13.0 Å². The van der Waals surface area contributed by atoms with Gasteiger partial charge in [0.05, 0.1) is 0 Å². The molecule has 1 unspecified atom stereocenters. The van der Waals surface area contributed by atoms with Gasteiger partial charge < -0.3 is 10.2 Å². The lowest BCUT2D eigenvalue weighted by Crippen LogP contribution is -2.63. The minimum atomic E-state index is -0.285. The van der Waals surface area contributed by atoms with E-state index >= 15 is 0 Å².